The highest BCUT2D eigenvalue weighted by Crippen LogP contribution is 2.54. The molecule has 0 radical (unpaired) electrons. The highest BCUT2D eigenvalue weighted by Gasteiger charge is 2.57. The Morgan fingerprint density at radius 2 is 1.77 bits per heavy atom. The van der Waals surface area contributed by atoms with E-state index in [1.807, 2.05) is 0 Å². The van der Waals surface area contributed by atoms with Crippen LogP contribution in [-0.2, 0) is 24.6 Å². The number of carbonyl (C=O) groups is 2. The number of benzene rings is 1. The first-order valence-electron chi connectivity index (χ1n) is 11.0. The minimum Gasteiger partial charge on any atom is -0.485 e. The van der Waals surface area contributed by atoms with Crippen molar-refractivity contribution in [3.05, 3.63) is 28.3 Å². The molecule has 0 bridgehead atoms. The van der Waals surface area contributed by atoms with Gasteiger partial charge in [0.2, 0.25) is 0 Å². The van der Waals surface area contributed by atoms with Crippen LogP contribution in [-0.4, -0.2) is 66.4 Å². The molecule has 1 aromatic carbocycles. The highest BCUT2D eigenvalue weighted by atomic mass is 16.6. The van der Waals surface area contributed by atoms with Gasteiger partial charge in [-0.3, -0.25) is 19.4 Å². The first kappa shape index (κ1) is 23.5. The van der Waals surface area contributed by atoms with Crippen LogP contribution in [0.5, 0.6) is 5.75 Å². The van der Waals surface area contributed by atoms with Gasteiger partial charge in [0.15, 0.2) is 6.23 Å². The Kier molecular flexibility index (Phi) is 6.40. The molecule has 7 nitrogen and oxygen atoms in total. The monoisotopic (exact) mass is 432 g/mol. The molecular weight excluding hydrogens is 396 g/mol. The lowest BCUT2D eigenvalue weighted by Gasteiger charge is -2.51. The molecule has 0 N–H and O–H groups in total. The second kappa shape index (κ2) is 8.43. The molecule has 0 aromatic heterocycles. The molecule has 1 aromatic rings. The van der Waals surface area contributed by atoms with Crippen LogP contribution in [0.25, 0.3) is 0 Å². The van der Waals surface area contributed by atoms with Gasteiger partial charge in [-0.25, -0.2) is 0 Å². The Hall–Kier alpha value is -2.12. The summed E-state index contributed by atoms with van der Waals surface area (Å²) in [6, 6.07) is 2.23. The topological polar surface area (TPSA) is 68.3 Å². The number of piperazine rings is 1. The molecule has 2 unspecified atom stereocenters. The molecular formula is C24H36N2O5. The largest absolute Gasteiger partial charge is 0.485 e. The molecule has 1 fully saturated rings. The van der Waals surface area contributed by atoms with Gasteiger partial charge in [0.25, 0.3) is 0 Å². The van der Waals surface area contributed by atoms with E-state index in [9.17, 15) is 9.59 Å². The van der Waals surface area contributed by atoms with Gasteiger partial charge in [-0.2, -0.15) is 0 Å². The zero-order valence-corrected chi connectivity index (χ0v) is 20.1. The van der Waals surface area contributed by atoms with Gasteiger partial charge in [0, 0.05) is 39.0 Å². The van der Waals surface area contributed by atoms with E-state index in [2.05, 4.69) is 57.4 Å². The molecule has 0 saturated carbocycles. The summed E-state index contributed by atoms with van der Waals surface area (Å²) in [4.78, 5) is 27.4. The number of fused-ring (bicyclic) bond motifs is 1. The van der Waals surface area contributed by atoms with Gasteiger partial charge in [-0.1, -0.05) is 6.07 Å². The van der Waals surface area contributed by atoms with Gasteiger partial charge >= 0.3 is 11.9 Å². The first-order valence-corrected chi connectivity index (χ1v) is 11.0. The van der Waals surface area contributed by atoms with Crippen molar-refractivity contribution < 1.29 is 23.8 Å². The van der Waals surface area contributed by atoms with E-state index in [-0.39, 0.29) is 24.1 Å². The number of hydrogen-bond donors (Lipinski definition) is 0. The Morgan fingerprint density at radius 1 is 1.10 bits per heavy atom. The summed E-state index contributed by atoms with van der Waals surface area (Å²) in [6.07, 6.45) is -0.412. The molecule has 2 aliphatic heterocycles. The number of hydrogen-bond acceptors (Lipinski definition) is 7. The minimum atomic E-state index is -0.459. The number of ether oxygens (including phenoxy) is 3. The summed E-state index contributed by atoms with van der Waals surface area (Å²) >= 11 is 0. The lowest BCUT2D eigenvalue weighted by atomic mass is 9.75. The summed E-state index contributed by atoms with van der Waals surface area (Å²) in [5.41, 5.74) is 3.99. The van der Waals surface area contributed by atoms with Gasteiger partial charge in [-0.15, -0.1) is 0 Å². The number of carbonyl (C=O) groups excluding carboxylic acids is 2. The van der Waals surface area contributed by atoms with Crippen LogP contribution in [0.4, 0.5) is 0 Å². The quantitative estimate of drug-likeness (QED) is 0.663. The highest BCUT2D eigenvalue weighted by molar-refractivity contribution is 5.66. The maximum atomic E-state index is 11.8. The standard InChI is InChI=1S/C24H36N2O5/c1-15-13-16(2)21-22(17(15)3)31-23(6,7)24(21,8)26-10-9-25(11-12-29-18(4)27)20(14-26)30-19(5)28/h13,20H,9-12,14H2,1-8H3. The van der Waals surface area contributed by atoms with Crippen molar-refractivity contribution >= 4 is 11.9 Å². The fourth-order valence-electron chi connectivity index (χ4n) is 5.04. The molecule has 1 saturated heterocycles. The van der Waals surface area contributed by atoms with Gasteiger partial charge in [0.1, 0.15) is 18.0 Å². The van der Waals surface area contributed by atoms with Crippen molar-refractivity contribution in [2.75, 3.05) is 32.8 Å². The van der Waals surface area contributed by atoms with Crippen molar-refractivity contribution in [3.8, 4) is 5.75 Å². The van der Waals surface area contributed by atoms with Crippen LogP contribution >= 0.6 is 0 Å². The number of aryl methyl sites for hydroxylation is 2. The maximum Gasteiger partial charge on any atom is 0.304 e. The SMILES string of the molecule is CC(=O)OCCN1CCN(C2(C)c3c(C)cc(C)c(C)c3OC2(C)C)CC1OC(C)=O. The lowest BCUT2D eigenvalue weighted by Crippen LogP contribution is -2.65. The molecule has 0 amide bonds. The molecule has 2 atom stereocenters. The van der Waals surface area contributed by atoms with Crippen molar-refractivity contribution in [3.63, 3.8) is 0 Å². The van der Waals surface area contributed by atoms with Crippen LogP contribution < -0.4 is 4.74 Å². The molecule has 0 spiro atoms. The van der Waals surface area contributed by atoms with Gasteiger partial charge < -0.3 is 14.2 Å². The van der Waals surface area contributed by atoms with E-state index in [0.717, 1.165) is 12.3 Å². The van der Waals surface area contributed by atoms with Crippen molar-refractivity contribution in [2.45, 2.75) is 72.8 Å². The third-order valence-corrected chi connectivity index (χ3v) is 7.06. The fraction of sp³-hybridized carbons (Fsp3) is 0.667. The summed E-state index contributed by atoms with van der Waals surface area (Å²) in [6.45, 7) is 18.5. The summed E-state index contributed by atoms with van der Waals surface area (Å²) < 4.78 is 17.4. The number of nitrogens with zero attached hydrogens (tertiary/aromatic N) is 2. The molecule has 0 aliphatic carbocycles. The normalized spacial score (nSPS) is 25.6. The van der Waals surface area contributed by atoms with E-state index in [0.29, 0.717) is 19.6 Å². The fourth-order valence-corrected chi connectivity index (χ4v) is 5.04. The Bertz CT molecular complexity index is 881. The smallest absolute Gasteiger partial charge is 0.304 e. The van der Waals surface area contributed by atoms with Gasteiger partial charge in [-0.05, 0) is 58.2 Å². The predicted molar refractivity (Wildman–Crippen MR) is 118 cm³/mol. The predicted octanol–water partition coefficient (Wildman–Crippen LogP) is 3.07. The van der Waals surface area contributed by atoms with E-state index in [1.54, 1.807) is 0 Å². The van der Waals surface area contributed by atoms with E-state index in [1.165, 1.54) is 36.1 Å². The zero-order chi connectivity index (χ0) is 23.1. The molecule has 7 heteroatoms. The molecule has 2 aliphatic rings. The van der Waals surface area contributed by atoms with Crippen LogP contribution in [0, 0.1) is 20.8 Å². The van der Waals surface area contributed by atoms with Gasteiger partial charge in [0.05, 0.1) is 12.1 Å². The Labute approximate surface area is 185 Å². The van der Waals surface area contributed by atoms with Crippen molar-refractivity contribution in [1.29, 1.82) is 0 Å². The van der Waals surface area contributed by atoms with Crippen molar-refractivity contribution in [1.82, 2.24) is 9.80 Å². The Balaban J connectivity index is 1.93. The number of esters is 2. The average molecular weight is 433 g/mol. The molecule has 3 rings (SSSR count). The second-order valence-corrected chi connectivity index (χ2v) is 9.41. The third kappa shape index (κ3) is 4.17. The van der Waals surface area contributed by atoms with E-state index < -0.39 is 11.8 Å². The average Bonchev–Trinajstić information content (AvgIpc) is 2.87. The third-order valence-electron chi connectivity index (χ3n) is 7.06. The number of rotatable bonds is 5. The summed E-state index contributed by atoms with van der Waals surface area (Å²) in [5.74, 6) is 0.351. The lowest BCUT2D eigenvalue weighted by molar-refractivity contribution is -0.174. The summed E-state index contributed by atoms with van der Waals surface area (Å²) in [5, 5.41) is 0. The molecule has 172 valence electrons. The van der Waals surface area contributed by atoms with Crippen LogP contribution in [0.1, 0.15) is 56.9 Å². The first-order chi connectivity index (χ1) is 14.4. The van der Waals surface area contributed by atoms with E-state index in [4.69, 9.17) is 14.2 Å². The molecule has 31 heavy (non-hydrogen) atoms. The van der Waals surface area contributed by atoms with Crippen LogP contribution in [0.2, 0.25) is 0 Å². The van der Waals surface area contributed by atoms with Crippen molar-refractivity contribution in [2.24, 2.45) is 0 Å². The van der Waals surface area contributed by atoms with Crippen LogP contribution in [0.3, 0.4) is 0 Å². The molecule has 2 heterocycles. The maximum absolute atomic E-state index is 11.8. The Morgan fingerprint density at radius 3 is 2.39 bits per heavy atom. The minimum absolute atomic E-state index is 0.277. The summed E-state index contributed by atoms with van der Waals surface area (Å²) in [7, 11) is 0. The zero-order valence-electron chi connectivity index (χ0n) is 20.1. The van der Waals surface area contributed by atoms with Crippen LogP contribution in [0.15, 0.2) is 6.07 Å². The van der Waals surface area contributed by atoms with E-state index >= 15 is 0 Å². The second-order valence-electron chi connectivity index (χ2n) is 9.41.